The van der Waals surface area contributed by atoms with E-state index in [9.17, 15) is 19.2 Å². The van der Waals surface area contributed by atoms with Gasteiger partial charge in [-0.2, -0.15) is 0 Å². The fourth-order valence-corrected chi connectivity index (χ4v) is 2.57. The second-order valence-electron chi connectivity index (χ2n) is 6.20. The van der Waals surface area contributed by atoms with Crippen LogP contribution in [0.5, 0.6) is 0 Å². The van der Waals surface area contributed by atoms with Gasteiger partial charge in [0.2, 0.25) is 5.91 Å². The number of rotatable bonds is 6. The van der Waals surface area contributed by atoms with Crippen LogP contribution in [-0.2, 0) is 14.4 Å². The first kappa shape index (κ1) is 17.7. The number of benzene rings is 1. The third-order valence-corrected chi connectivity index (χ3v) is 3.80. The fraction of sp³-hybridized carbons (Fsp3) is 0.412. The lowest BCUT2D eigenvalue weighted by atomic mass is 9.97. The van der Waals surface area contributed by atoms with Gasteiger partial charge >= 0.3 is 17.8 Å². The lowest BCUT2D eigenvalue weighted by molar-refractivity contribution is -0.143. The maximum absolute atomic E-state index is 12.3. The molecule has 1 aromatic rings. The molecule has 0 unspecified atom stereocenters. The van der Waals surface area contributed by atoms with Crippen LogP contribution in [0.2, 0.25) is 0 Å². The number of nitrogens with one attached hydrogen (secondary N) is 1. The average molecular weight is 331 g/mol. The highest BCUT2D eigenvalue weighted by atomic mass is 16.2. The highest BCUT2D eigenvalue weighted by molar-refractivity contribution is 6.44. The van der Waals surface area contributed by atoms with Gasteiger partial charge in [0.1, 0.15) is 6.54 Å². The molecule has 0 bridgehead atoms. The molecule has 7 nitrogen and oxygen atoms in total. The van der Waals surface area contributed by atoms with Gasteiger partial charge < -0.3 is 5.32 Å². The van der Waals surface area contributed by atoms with Crippen LogP contribution in [-0.4, -0.2) is 47.1 Å². The van der Waals surface area contributed by atoms with E-state index < -0.39 is 30.3 Å². The Labute approximate surface area is 140 Å². The Balaban J connectivity index is 2.07. The first-order chi connectivity index (χ1) is 11.3. The first-order valence-corrected chi connectivity index (χ1v) is 7.79. The van der Waals surface area contributed by atoms with Gasteiger partial charge in [0.05, 0.1) is 6.04 Å². The van der Waals surface area contributed by atoms with E-state index in [0.29, 0.717) is 15.7 Å². The van der Waals surface area contributed by atoms with E-state index in [0.717, 1.165) is 12.0 Å². The molecule has 0 aliphatic carbocycles. The summed E-state index contributed by atoms with van der Waals surface area (Å²) in [6, 6.07) is 8.49. The normalized spacial score (nSPS) is 16.1. The van der Waals surface area contributed by atoms with Gasteiger partial charge in [-0.25, -0.2) is 9.69 Å². The van der Waals surface area contributed by atoms with Gasteiger partial charge in [0, 0.05) is 7.05 Å². The SMILES string of the molecule is CC(C)C[C@@H](NC(=O)CN1C(=O)C(=O)N(C)C1=O)c1ccccc1. The van der Waals surface area contributed by atoms with Crippen molar-refractivity contribution in [2.24, 2.45) is 5.92 Å². The van der Waals surface area contributed by atoms with Crippen LogP contribution in [0.1, 0.15) is 31.9 Å². The van der Waals surface area contributed by atoms with E-state index in [1.807, 2.05) is 44.2 Å². The molecule has 5 amide bonds. The van der Waals surface area contributed by atoms with Gasteiger partial charge in [0.25, 0.3) is 0 Å². The Morgan fingerprint density at radius 3 is 2.21 bits per heavy atom. The van der Waals surface area contributed by atoms with Crippen LogP contribution in [0, 0.1) is 5.92 Å². The van der Waals surface area contributed by atoms with Crippen molar-refractivity contribution in [3.8, 4) is 0 Å². The zero-order chi connectivity index (χ0) is 17.9. The number of carbonyl (C=O) groups excluding carboxylic acids is 4. The van der Waals surface area contributed by atoms with Crippen molar-refractivity contribution < 1.29 is 19.2 Å². The highest BCUT2D eigenvalue weighted by Crippen LogP contribution is 2.21. The van der Waals surface area contributed by atoms with Gasteiger partial charge in [-0.1, -0.05) is 44.2 Å². The molecular weight excluding hydrogens is 310 g/mol. The van der Waals surface area contributed by atoms with Crippen molar-refractivity contribution in [3.63, 3.8) is 0 Å². The third-order valence-electron chi connectivity index (χ3n) is 3.80. The van der Waals surface area contributed by atoms with Crippen LogP contribution in [0.15, 0.2) is 30.3 Å². The van der Waals surface area contributed by atoms with Crippen molar-refractivity contribution >= 4 is 23.8 Å². The van der Waals surface area contributed by atoms with Crippen molar-refractivity contribution in [2.75, 3.05) is 13.6 Å². The summed E-state index contributed by atoms with van der Waals surface area (Å²) in [7, 11) is 1.21. The summed E-state index contributed by atoms with van der Waals surface area (Å²) in [6.07, 6.45) is 0.719. The summed E-state index contributed by atoms with van der Waals surface area (Å²) in [5.74, 6) is -2.03. The molecule has 0 radical (unpaired) electrons. The Kier molecular flexibility index (Phi) is 5.33. The van der Waals surface area contributed by atoms with Crippen molar-refractivity contribution in [3.05, 3.63) is 35.9 Å². The van der Waals surface area contributed by atoms with E-state index in [1.54, 1.807) is 0 Å². The first-order valence-electron chi connectivity index (χ1n) is 7.79. The second-order valence-corrected chi connectivity index (χ2v) is 6.20. The molecule has 0 spiro atoms. The quantitative estimate of drug-likeness (QED) is 0.629. The summed E-state index contributed by atoms with van der Waals surface area (Å²) >= 11 is 0. The number of nitrogens with zero attached hydrogens (tertiary/aromatic N) is 2. The van der Waals surface area contributed by atoms with E-state index in [2.05, 4.69) is 5.32 Å². The zero-order valence-corrected chi connectivity index (χ0v) is 14.0. The standard InChI is InChI=1S/C17H21N3O4/c1-11(2)9-13(12-7-5-4-6-8-12)18-14(21)10-20-16(23)15(22)19(3)17(20)24/h4-8,11,13H,9-10H2,1-3H3,(H,18,21)/t13-/m1/s1. The van der Waals surface area contributed by atoms with E-state index in [-0.39, 0.29) is 6.04 Å². The zero-order valence-electron chi connectivity index (χ0n) is 14.0. The minimum absolute atomic E-state index is 0.222. The molecule has 128 valence electrons. The number of likely N-dealkylation sites (N-methyl/N-ethyl adjacent to an activating group) is 1. The van der Waals surface area contributed by atoms with Crippen LogP contribution in [0.4, 0.5) is 4.79 Å². The maximum Gasteiger partial charge on any atom is 0.334 e. The molecule has 24 heavy (non-hydrogen) atoms. The number of imide groups is 2. The number of amides is 5. The summed E-state index contributed by atoms with van der Waals surface area (Å²) in [5, 5.41) is 2.85. The highest BCUT2D eigenvalue weighted by Gasteiger charge is 2.43. The Morgan fingerprint density at radius 2 is 1.71 bits per heavy atom. The van der Waals surface area contributed by atoms with Crippen LogP contribution < -0.4 is 5.32 Å². The third kappa shape index (κ3) is 3.79. The minimum Gasteiger partial charge on any atom is -0.348 e. The Morgan fingerprint density at radius 1 is 1.08 bits per heavy atom. The largest absolute Gasteiger partial charge is 0.348 e. The molecule has 1 aliphatic rings. The molecule has 0 saturated carbocycles. The second kappa shape index (κ2) is 7.25. The molecule has 1 N–H and O–H groups in total. The lowest BCUT2D eigenvalue weighted by Crippen LogP contribution is -2.42. The van der Waals surface area contributed by atoms with Crippen molar-refractivity contribution in [2.45, 2.75) is 26.3 Å². The van der Waals surface area contributed by atoms with Crippen molar-refractivity contribution in [1.29, 1.82) is 0 Å². The van der Waals surface area contributed by atoms with Crippen LogP contribution >= 0.6 is 0 Å². The van der Waals surface area contributed by atoms with Gasteiger partial charge in [-0.05, 0) is 17.9 Å². The Bertz CT molecular complexity index is 657. The molecule has 1 aromatic carbocycles. The predicted octanol–water partition coefficient (Wildman–Crippen LogP) is 1.31. The van der Waals surface area contributed by atoms with Crippen LogP contribution in [0.3, 0.4) is 0 Å². The summed E-state index contributed by atoms with van der Waals surface area (Å²) in [5.41, 5.74) is 0.951. The molecule has 1 heterocycles. The summed E-state index contributed by atoms with van der Waals surface area (Å²) in [4.78, 5) is 48.7. The molecule has 0 aromatic heterocycles. The minimum atomic E-state index is -0.974. The molecular formula is C17H21N3O4. The molecule has 7 heteroatoms. The lowest BCUT2D eigenvalue weighted by Gasteiger charge is -2.22. The Hall–Kier alpha value is -2.70. The predicted molar refractivity (Wildman–Crippen MR) is 86.7 cm³/mol. The monoisotopic (exact) mass is 331 g/mol. The maximum atomic E-state index is 12.3. The number of carbonyl (C=O) groups is 4. The molecule has 1 fully saturated rings. The molecule has 1 aliphatic heterocycles. The van der Waals surface area contributed by atoms with E-state index >= 15 is 0 Å². The van der Waals surface area contributed by atoms with E-state index in [4.69, 9.17) is 0 Å². The number of hydrogen-bond acceptors (Lipinski definition) is 4. The van der Waals surface area contributed by atoms with Gasteiger partial charge in [-0.3, -0.25) is 19.3 Å². The topological polar surface area (TPSA) is 86.8 Å². The molecule has 2 rings (SSSR count). The summed E-state index contributed by atoms with van der Waals surface area (Å²) < 4.78 is 0. The van der Waals surface area contributed by atoms with E-state index in [1.165, 1.54) is 7.05 Å². The van der Waals surface area contributed by atoms with Crippen molar-refractivity contribution in [1.82, 2.24) is 15.1 Å². The fourth-order valence-electron chi connectivity index (χ4n) is 2.57. The molecule has 1 saturated heterocycles. The average Bonchev–Trinajstić information content (AvgIpc) is 2.72. The number of hydrogen-bond donors (Lipinski definition) is 1. The van der Waals surface area contributed by atoms with Gasteiger partial charge in [0.15, 0.2) is 0 Å². The summed E-state index contributed by atoms with van der Waals surface area (Å²) in [6.45, 7) is 3.63. The smallest absolute Gasteiger partial charge is 0.334 e. The molecule has 1 atom stereocenters. The van der Waals surface area contributed by atoms with Gasteiger partial charge in [-0.15, -0.1) is 0 Å². The number of urea groups is 1. The van der Waals surface area contributed by atoms with Crippen LogP contribution in [0.25, 0.3) is 0 Å².